The van der Waals surface area contributed by atoms with E-state index in [9.17, 15) is 9.90 Å². The Kier molecular flexibility index (Phi) is 5.83. The van der Waals surface area contributed by atoms with E-state index in [0.29, 0.717) is 0 Å². The number of hydrogen-bond acceptors (Lipinski definition) is 5. The number of amides is 1. The maximum Gasteiger partial charge on any atom is 0.244 e. The van der Waals surface area contributed by atoms with Crippen molar-refractivity contribution in [3.05, 3.63) is 52.5 Å². The summed E-state index contributed by atoms with van der Waals surface area (Å²) < 4.78 is 5.88. The fourth-order valence-electron chi connectivity index (χ4n) is 2.95. The van der Waals surface area contributed by atoms with E-state index in [1.54, 1.807) is 17.4 Å². The second-order valence-electron chi connectivity index (χ2n) is 6.13. The summed E-state index contributed by atoms with van der Waals surface area (Å²) in [5.74, 6) is 0.507. The highest BCUT2D eigenvalue weighted by Gasteiger charge is 2.34. The highest BCUT2D eigenvalue weighted by molar-refractivity contribution is 7.09. The van der Waals surface area contributed by atoms with Crippen molar-refractivity contribution in [1.82, 2.24) is 10.3 Å². The van der Waals surface area contributed by atoms with Crippen LogP contribution in [-0.4, -0.2) is 34.2 Å². The molecular weight excluding hydrogens is 336 g/mol. The summed E-state index contributed by atoms with van der Waals surface area (Å²) in [6.07, 6.45) is 4.52. The van der Waals surface area contributed by atoms with Gasteiger partial charge in [-0.25, -0.2) is 4.98 Å². The molecule has 2 N–H and O–H groups in total. The van der Waals surface area contributed by atoms with E-state index in [-0.39, 0.29) is 18.1 Å². The molecule has 1 aliphatic carbocycles. The van der Waals surface area contributed by atoms with E-state index in [2.05, 4.69) is 10.3 Å². The van der Waals surface area contributed by atoms with Crippen molar-refractivity contribution in [2.45, 2.75) is 44.4 Å². The number of hydrogen-bond donors (Lipinski definition) is 2. The molecule has 0 radical (unpaired) electrons. The topological polar surface area (TPSA) is 71.5 Å². The molecule has 2 aromatic rings. The van der Waals surface area contributed by atoms with Crippen LogP contribution in [0.15, 0.2) is 41.8 Å². The van der Waals surface area contributed by atoms with Gasteiger partial charge in [-0.1, -0.05) is 18.2 Å². The smallest absolute Gasteiger partial charge is 0.244 e. The van der Waals surface area contributed by atoms with Gasteiger partial charge in [-0.3, -0.25) is 4.79 Å². The summed E-state index contributed by atoms with van der Waals surface area (Å²) in [6.45, 7) is 1.92. The normalized spacial score (nSPS) is 23.5. The van der Waals surface area contributed by atoms with Crippen LogP contribution in [0.25, 0.3) is 6.08 Å². The second-order valence-corrected chi connectivity index (χ2v) is 7.19. The van der Waals surface area contributed by atoms with Crippen LogP contribution in [-0.2, 0) is 4.79 Å². The molecule has 5 nitrogen and oxygen atoms in total. The monoisotopic (exact) mass is 358 g/mol. The Morgan fingerprint density at radius 3 is 2.88 bits per heavy atom. The minimum atomic E-state index is -0.729. The molecule has 1 aromatic carbocycles. The molecule has 0 bridgehead atoms. The van der Waals surface area contributed by atoms with Gasteiger partial charge in [0.05, 0.1) is 16.7 Å². The van der Waals surface area contributed by atoms with Gasteiger partial charge in [-0.05, 0) is 44.4 Å². The largest absolute Gasteiger partial charge is 0.488 e. The Balaban J connectivity index is 1.56. The highest BCUT2D eigenvalue weighted by atomic mass is 32.1. The fourth-order valence-corrected chi connectivity index (χ4v) is 3.53. The first kappa shape index (κ1) is 17.6. The molecule has 1 heterocycles. The Bertz CT molecular complexity index is 729. The zero-order chi connectivity index (χ0) is 17.6. The third kappa shape index (κ3) is 4.90. The van der Waals surface area contributed by atoms with Gasteiger partial charge in [-0.15, -0.1) is 11.3 Å². The van der Waals surface area contributed by atoms with Gasteiger partial charge in [0.15, 0.2) is 0 Å². The number of nitrogens with one attached hydrogen (secondary N) is 1. The van der Waals surface area contributed by atoms with Gasteiger partial charge in [0.25, 0.3) is 0 Å². The SMILES string of the molecule is Cc1nc(/C=C/C(=O)N[C@@H]2CCC[C@@H](Oc3ccccc3)[C@@H]2O)cs1. The molecule has 1 amide bonds. The van der Waals surface area contributed by atoms with Gasteiger partial charge in [-0.2, -0.15) is 0 Å². The quantitative estimate of drug-likeness (QED) is 0.806. The molecule has 0 aliphatic heterocycles. The summed E-state index contributed by atoms with van der Waals surface area (Å²) in [6, 6.07) is 9.14. The molecular formula is C19H22N2O3S. The van der Waals surface area contributed by atoms with Crippen LogP contribution in [0.3, 0.4) is 0 Å². The molecule has 1 saturated carbocycles. The number of aryl methyl sites for hydroxylation is 1. The lowest BCUT2D eigenvalue weighted by atomic mass is 9.89. The number of thiazole rings is 1. The molecule has 1 aliphatic rings. The van der Waals surface area contributed by atoms with Gasteiger partial charge < -0.3 is 15.2 Å². The zero-order valence-electron chi connectivity index (χ0n) is 14.1. The lowest BCUT2D eigenvalue weighted by Crippen LogP contribution is -2.52. The maximum atomic E-state index is 12.1. The van der Waals surface area contributed by atoms with E-state index in [0.717, 1.165) is 35.7 Å². The lowest BCUT2D eigenvalue weighted by Gasteiger charge is -2.35. The summed E-state index contributed by atoms with van der Waals surface area (Å²) in [5, 5.41) is 16.3. The molecule has 0 unspecified atom stereocenters. The molecule has 25 heavy (non-hydrogen) atoms. The van der Waals surface area contributed by atoms with Crippen LogP contribution in [0.4, 0.5) is 0 Å². The van der Waals surface area contributed by atoms with Crippen molar-refractivity contribution in [2.75, 3.05) is 0 Å². The van der Waals surface area contributed by atoms with Crippen LogP contribution in [0, 0.1) is 6.92 Å². The second kappa shape index (κ2) is 8.27. The van der Waals surface area contributed by atoms with Crippen LogP contribution >= 0.6 is 11.3 Å². The van der Waals surface area contributed by atoms with Crippen molar-refractivity contribution in [3.63, 3.8) is 0 Å². The maximum absolute atomic E-state index is 12.1. The number of aromatic nitrogens is 1. The first-order chi connectivity index (χ1) is 12.1. The molecule has 0 saturated heterocycles. The van der Waals surface area contributed by atoms with Gasteiger partial charge in [0.1, 0.15) is 18.0 Å². The van der Waals surface area contributed by atoms with Crippen LogP contribution in [0.5, 0.6) is 5.75 Å². The number of benzene rings is 1. The number of aliphatic hydroxyl groups is 1. The lowest BCUT2D eigenvalue weighted by molar-refractivity contribution is -0.119. The van der Waals surface area contributed by atoms with Gasteiger partial charge in [0.2, 0.25) is 5.91 Å². The summed E-state index contributed by atoms with van der Waals surface area (Å²) in [7, 11) is 0. The number of carbonyl (C=O) groups excluding carboxylic acids is 1. The van der Waals surface area contributed by atoms with Crippen LogP contribution in [0.2, 0.25) is 0 Å². The minimum absolute atomic E-state index is 0.227. The van der Waals surface area contributed by atoms with Crippen molar-refractivity contribution >= 4 is 23.3 Å². The van der Waals surface area contributed by atoms with Gasteiger partial charge in [0, 0.05) is 11.5 Å². The van der Waals surface area contributed by atoms with E-state index in [4.69, 9.17) is 4.74 Å². The predicted octanol–water partition coefficient (Wildman–Crippen LogP) is 2.94. The molecule has 3 atom stereocenters. The van der Waals surface area contributed by atoms with E-state index in [1.807, 2.05) is 42.6 Å². The third-order valence-electron chi connectivity index (χ3n) is 4.20. The standard InChI is InChI=1S/C19H22N2O3S/c1-13-20-14(12-25-13)10-11-18(22)21-16-8-5-9-17(19(16)23)24-15-6-3-2-4-7-15/h2-4,6-7,10-12,16-17,19,23H,5,8-9H2,1H3,(H,21,22)/b11-10+/t16-,17-,19-/m1/s1. The average molecular weight is 358 g/mol. The first-order valence-corrected chi connectivity index (χ1v) is 9.30. The number of aliphatic hydroxyl groups excluding tert-OH is 1. The Labute approximate surface area is 151 Å². The van der Waals surface area contributed by atoms with E-state index in [1.165, 1.54) is 6.08 Å². The fraction of sp³-hybridized carbons (Fsp3) is 0.368. The number of rotatable bonds is 5. The van der Waals surface area contributed by atoms with Gasteiger partial charge >= 0.3 is 0 Å². The minimum Gasteiger partial charge on any atom is -0.488 e. The molecule has 6 heteroatoms. The summed E-state index contributed by atoms with van der Waals surface area (Å²) in [4.78, 5) is 16.4. The van der Waals surface area contributed by atoms with E-state index >= 15 is 0 Å². The highest BCUT2D eigenvalue weighted by Crippen LogP contribution is 2.24. The first-order valence-electron chi connectivity index (χ1n) is 8.42. The van der Waals surface area contributed by atoms with Crippen molar-refractivity contribution < 1.29 is 14.6 Å². The summed E-state index contributed by atoms with van der Waals surface area (Å²) in [5.41, 5.74) is 0.770. The molecule has 0 spiro atoms. The predicted molar refractivity (Wildman–Crippen MR) is 98.5 cm³/mol. The van der Waals surface area contributed by atoms with E-state index < -0.39 is 6.10 Å². The van der Waals surface area contributed by atoms with Crippen molar-refractivity contribution in [2.24, 2.45) is 0 Å². The Morgan fingerprint density at radius 1 is 1.36 bits per heavy atom. The van der Waals surface area contributed by atoms with Crippen molar-refractivity contribution in [3.8, 4) is 5.75 Å². The molecule has 3 rings (SSSR count). The number of ether oxygens (including phenoxy) is 1. The number of carbonyl (C=O) groups is 1. The van der Waals surface area contributed by atoms with Crippen LogP contribution < -0.4 is 10.1 Å². The van der Waals surface area contributed by atoms with Crippen molar-refractivity contribution in [1.29, 1.82) is 0 Å². The zero-order valence-corrected chi connectivity index (χ0v) is 14.9. The summed E-state index contributed by atoms with van der Waals surface area (Å²) >= 11 is 1.54. The molecule has 132 valence electrons. The average Bonchev–Trinajstić information content (AvgIpc) is 3.03. The number of nitrogens with zero attached hydrogens (tertiary/aromatic N) is 1. The molecule has 1 fully saturated rings. The number of para-hydroxylation sites is 1. The Morgan fingerprint density at radius 2 is 2.16 bits per heavy atom. The van der Waals surface area contributed by atoms with Crippen LogP contribution in [0.1, 0.15) is 30.0 Å². The Hall–Kier alpha value is -2.18. The third-order valence-corrected chi connectivity index (χ3v) is 4.99. The molecule has 1 aromatic heterocycles.